The van der Waals surface area contributed by atoms with Crippen LogP contribution in [0, 0.1) is 0 Å². The number of rotatable bonds is 7. The lowest BCUT2D eigenvalue weighted by Gasteiger charge is -2.12. The molecule has 8 heteroatoms. The van der Waals surface area contributed by atoms with Crippen LogP contribution in [0.3, 0.4) is 0 Å². The summed E-state index contributed by atoms with van der Waals surface area (Å²) < 4.78 is 5.07. The van der Waals surface area contributed by atoms with Crippen LogP contribution in [0.5, 0.6) is 5.75 Å². The first-order valence-electron chi connectivity index (χ1n) is 7.51. The second-order valence-corrected chi connectivity index (χ2v) is 5.95. The van der Waals surface area contributed by atoms with E-state index in [-0.39, 0.29) is 28.8 Å². The predicted octanol–water partition coefficient (Wildman–Crippen LogP) is 3.40. The largest absolute Gasteiger partial charge is 0.497 e. The Hall–Kier alpha value is -2.32. The van der Waals surface area contributed by atoms with Crippen LogP contribution in [-0.2, 0) is 9.59 Å². The number of thioether (sulfide) groups is 1. The van der Waals surface area contributed by atoms with Crippen molar-refractivity contribution < 1.29 is 14.3 Å². The average molecular weight is 438 g/mol. The van der Waals surface area contributed by atoms with Gasteiger partial charge in [0.25, 0.3) is 5.91 Å². The number of methoxy groups -OCH3 is 1. The summed E-state index contributed by atoms with van der Waals surface area (Å²) in [6.45, 7) is 7.98. The van der Waals surface area contributed by atoms with E-state index in [1.165, 1.54) is 11.0 Å². The van der Waals surface area contributed by atoms with Crippen molar-refractivity contribution >= 4 is 51.4 Å². The van der Waals surface area contributed by atoms with Gasteiger partial charge in [-0.05, 0) is 36.0 Å². The van der Waals surface area contributed by atoms with Gasteiger partial charge in [0.2, 0.25) is 5.91 Å². The van der Waals surface area contributed by atoms with E-state index in [1.807, 2.05) is 0 Å². The number of ether oxygens (including phenoxy) is 1. The zero-order chi connectivity index (χ0) is 18.2. The van der Waals surface area contributed by atoms with Gasteiger partial charge in [0.15, 0.2) is 5.17 Å². The predicted molar refractivity (Wildman–Crippen MR) is 112 cm³/mol. The van der Waals surface area contributed by atoms with Gasteiger partial charge < -0.3 is 10.1 Å². The van der Waals surface area contributed by atoms with Crippen LogP contribution in [0.15, 0.2) is 65.5 Å². The van der Waals surface area contributed by atoms with E-state index in [1.54, 1.807) is 43.5 Å². The van der Waals surface area contributed by atoms with Crippen molar-refractivity contribution in [2.45, 2.75) is 0 Å². The number of hydrogen-bond donors (Lipinski definition) is 1. The molecular weight excluding hydrogens is 418 g/mol. The number of hydrogen-bond acceptors (Lipinski definition) is 5. The summed E-state index contributed by atoms with van der Waals surface area (Å²) in [7, 11) is 1.57. The molecule has 2 rings (SSSR count). The topological polar surface area (TPSA) is 71.0 Å². The summed E-state index contributed by atoms with van der Waals surface area (Å²) in [4.78, 5) is 30.7. The van der Waals surface area contributed by atoms with Crippen LogP contribution in [-0.4, -0.2) is 42.1 Å². The van der Waals surface area contributed by atoms with Gasteiger partial charge in [-0.1, -0.05) is 12.2 Å². The van der Waals surface area contributed by atoms with Crippen molar-refractivity contribution in [3.05, 3.63) is 60.6 Å². The third kappa shape index (κ3) is 5.60. The zero-order valence-electron chi connectivity index (χ0n) is 14.3. The fourth-order valence-corrected chi connectivity index (χ4v) is 3.00. The van der Waals surface area contributed by atoms with Crippen LogP contribution < -0.4 is 10.1 Å². The monoisotopic (exact) mass is 437 g/mol. The molecule has 0 spiro atoms. The van der Waals surface area contributed by atoms with Crippen LogP contribution in [0.25, 0.3) is 0 Å². The van der Waals surface area contributed by atoms with Crippen molar-refractivity contribution in [2.24, 2.45) is 4.99 Å². The Kier molecular flexibility index (Phi) is 8.87. The molecular formula is C18H20BrN3O3S. The van der Waals surface area contributed by atoms with Crippen molar-refractivity contribution in [2.75, 3.05) is 25.5 Å². The smallest absolute Gasteiger partial charge is 0.267 e. The van der Waals surface area contributed by atoms with Crippen molar-refractivity contribution in [1.29, 1.82) is 0 Å². The van der Waals surface area contributed by atoms with Gasteiger partial charge in [-0.3, -0.25) is 19.5 Å². The number of aliphatic imine (C=N–C) groups is 1. The average Bonchev–Trinajstić information content (AvgIpc) is 2.89. The minimum atomic E-state index is -0.385. The van der Waals surface area contributed by atoms with Crippen LogP contribution >= 0.6 is 28.7 Å². The third-order valence-electron chi connectivity index (χ3n) is 3.18. The number of nitrogens with one attached hydrogen (secondary N) is 1. The first-order chi connectivity index (χ1) is 12.1. The highest BCUT2D eigenvalue weighted by atomic mass is 79.9. The lowest BCUT2D eigenvalue weighted by Crippen LogP contribution is -2.29. The Balaban J connectivity index is 0.00000338. The summed E-state index contributed by atoms with van der Waals surface area (Å²) in [6.07, 6.45) is 4.54. The Morgan fingerprint density at radius 2 is 2.00 bits per heavy atom. The minimum absolute atomic E-state index is 0. The molecule has 0 aliphatic carbocycles. The number of carbonyl (C=O) groups excluding carboxylic acids is 2. The van der Waals surface area contributed by atoms with Crippen molar-refractivity contribution in [3.63, 3.8) is 0 Å². The fraction of sp³-hybridized carbons (Fsp3) is 0.167. The number of anilines is 1. The van der Waals surface area contributed by atoms with Gasteiger partial charge in [-0.25, -0.2) is 0 Å². The highest BCUT2D eigenvalue weighted by molar-refractivity contribution is 8.93. The van der Waals surface area contributed by atoms with Crippen LogP contribution in [0.2, 0.25) is 0 Å². The molecule has 26 heavy (non-hydrogen) atoms. The SMILES string of the molecule is Br.C=CCN=C1S/C(=C\C(=O)Nc2ccc(OC)cc2)C(=O)N1CC=C. The number of carbonyl (C=O) groups is 2. The molecule has 1 aromatic rings. The minimum Gasteiger partial charge on any atom is -0.497 e. The molecule has 0 atom stereocenters. The van der Waals surface area contributed by atoms with Crippen molar-refractivity contribution in [1.82, 2.24) is 4.90 Å². The maximum atomic E-state index is 12.4. The molecule has 0 unspecified atom stereocenters. The Morgan fingerprint density at radius 1 is 1.31 bits per heavy atom. The molecule has 1 heterocycles. The molecule has 0 bridgehead atoms. The molecule has 6 nitrogen and oxygen atoms in total. The molecule has 1 aliphatic heterocycles. The summed E-state index contributed by atoms with van der Waals surface area (Å²) >= 11 is 1.16. The lowest BCUT2D eigenvalue weighted by molar-refractivity contribution is -0.122. The maximum Gasteiger partial charge on any atom is 0.267 e. The van der Waals surface area contributed by atoms with Gasteiger partial charge in [0.1, 0.15) is 5.75 Å². The standard InChI is InChI=1S/C18H19N3O3S.BrH/c1-4-10-19-18-21(11-5-2)17(23)15(25-18)12-16(22)20-13-6-8-14(24-3)9-7-13;/h4-9,12H,1-2,10-11H2,3H3,(H,20,22);1H/b15-12-,19-18?;. The molecule has 0 aromatic heterocycles. The number of halogens is 1. The highest BCUT2D eigenvalue weighted by Crippen LogP contribution is 2.30. The number of nitrogens with zero attached hydrogens (tertiary/aromatic N) is 2. The first-order valence-corrected chi connectivity index (χ1v) is 8.33. The maximum absolute atomic E-state index is 12.4. The highest BCUT2D eigenvalue weighted by Gasteiger charge is 2.32. The first kappa shape index (κ1) is 21.7. The van der Waals surface area contributed by atoms with E-state index < -0.39 is 0 Å². The van der Waals surface area contributed by atoms with Gasteiger partial charge in [-0.15, -0.1) is 30.1 Å². The van der Waals surface area contributed by atoms with Crippen LogP contribution in [0.4, 0.5) is 5.69 Å². The molecule has 1 fully saturated rings. The van der Waals surface area contributed by atoms with Crippen LogP contribution in [0.1, 0.15) is 0 Å². The summed E-state index contributed by atoms with van der Waals surface area (Å²) in [5.41, 5.74) is 0.613. The lowest BCUT2D eigenvalue weighted by atomic mass is 10.3. The molecule has 0 radical (unpaired) electrons. The second-order valence-electron chi connectivity index (χ2n) is 4.94. The quantitative estimate of drug-likeness (QED) is 0.523. The zero-order valence-corrected chi connectivity index (χ0v) is 16.8. The fourth-order valence-electron chi connectivity index (χ4n) is 2.03. The molecule has 1 aromatic carbocycles. The van der Waals surface area contributed by atoms with Gasteiger partial charge in [0.05, 0.1) is 18.6 Å². The van der Waals surface area contributed by atoms with E-state index in [4.69, 9.17) is 4.74 Å². The van der Waals surface area contributed by atoms with Crippen molar-refractivity contribution in [3.8, 4) is 5.75 Å². The number of benzene rings is 1. The summed E-state index contributed by atoms with van der Waals surface area (Å²) in [5, 5.41) is 3.25. The van der Waals surface area contributed by atoms with E-state index >= 15 is 0 Å². The number of amidine groups is 1. The van der Waals surface area contributed by atoms with Gasteiger partial charge >= 0.3 is 0 Å². The number of amides is 2. The second kappa shape index (κ2) is 10.6. The Morgan fingerprint density at radius 3 is 2.58 bits per heavy atom. The third-order valence-corrected chi connectivity index (χ3v) is 4.22. The molecule has 0 saturated carbocycles. The molecule has 138 valence electrons. The summed E-state index contributed by atoms with van der Waals surface area (Å²) in [6, 6.07) is 6.92. The van der Waals surface area contributed by atoms with Gasteiger partial charge in [0, 0.05) is 18.3 Å². The summed E-state index contributed by atoms with van der Waals surface area (Å²) in [5.74, 6) is 0.0446. The van der Waals surface area contributed by atoms with E-state index in [9.17, 15) is 9.59 Å². The molecule has 1 N–H and O–H groups in total. The molecule has 1 aliphatic rings. The molecule has 1 saturated heterocycles. The van der Waals surface area contributed by atoms with Gasteiger partial charge in [-0.2, -0.15) is 0 Å². The Bertz CT molecular complexity index is 745. The van der Waals surface area contributed by atoms with E-state index in [0.29, 0.717) is 34.6 Å². The Labute approximate surface area is 167 Å². The normalized spacial score (nSPS) is 16.3. The molecule has 2 amide bonds. The van der Waals surface area contributed by atoms with E-state index in [2.05, 4.69) is 23.5 Å². The van der Waals surface area contributed by atoms with E-state index in [0.717, 1.165) is 11.8 Å².